The number of rotatable bonds is 5. The van der Waals surface area contributed by atoms with Crippen molar-refractivity contribution in [2.45, 2.75) is 13.0 Å². The highest BCUT2D eigenvalue weighted by molar-refractivity contribution is 7.15. The van der Waals surface area contributed by atoms with Crippen molar-refractivity contribution in [2.75, 3.05) is 23.9 Å². The molecule has 0 saturated carbocycles. The van der Waals surface area contributed by atoms with Gasteiger partial charge in [-0.3, -0.25) is 9.59 Å². The van der Waals surface area contributed by atoms with Crippen LogP contribution in [0.15, 0.2) is 24.3 Å². The lowest BCUT2D eigenvalue weighted by Crippen LogP contribution is -2.28. The van der Waals surface area contributed by atoms with Gasteiger partial charge in [0, 0.05) is 30.8 Å². The summed E-state index contributed by atoms with van der Waals surface area (Å²) in [6.07, 6.45) is 0.155. The molecule has 0 spiro atoms. The van der Waals surface area contributed by atoms with Crippen molar-refractivity contribution in [1.82, 2.24) is 10.2 Å². The maximum Gasteiger partial charge on any atom is 0.231 e. The van der Waals surface area contributed by atoms with E-state index in [2.05, 4.69) is 15.5 Å². The molecule has 1 aromatic carbocycles. The molecule has 0 bridgehead atoms. The van der Waals surface area contributed by atoms with Crippen LogP contribution >= 0.6 is 22.9 Å². The van der Waals surface area contributed by atoms with Gasteiger partial charge in [0.2, 0.25) is 16.9 Å². The SMILES string of the molecule is COCc1nnc(NC(=O)[C@H]2CC(=O)N(c3cccc(Cl)c3)C2)s1. The smallest absolute Gasteiger partial charge is 0.231 e. The third-order valence-electron chi connectivity index (χ3n) is 3.58. The van der Waals surface area contributed by atoms with E-state index in [0.29, 0.717) is 34.0 Å². The highest BCUT2D eigenvalue weighted by atomic mass is 35.5. The number of ether oxygens (including phenoxy) is 1. The van der Waals surface area contributed by atoms with Crippen LogP contribution in [0.5, 0.6) is 0 Å². The fraction of sp³-hybridized carbons (Fsp3) is 0.333. The Balaban J connectivity index is 1.65. The molecule has 1 aliphatic heterocycles. The molecular formula is C15H15ClN4O3S. The third-order valence-corrected chi connectivity index (χ3v) is 4.63. The Kier molecular flexibility index (Phi) is 5.08. The number of carbonyl (C=O) groups excluding carboxylic acids is 2. The molecule has 0 aliphatic carbocycles. The Morgan fingerprint density at radius 1 is 1.50 bits per heavy atom. The number of methoxy groups -OCH3 is 1. The quantitative estimate of drug-likeness (QED) is 0.877. The van der Waals surface area contributed by atoms with E-state index < -0.39 is 5.92 Å². The second-order valence-electron chi connectivity index (χ2n) is 5.31. The molecule has 24 heavy (non-hydrogen) atoms. The molecule has 1 saturated heterocycles. The van der Waals surface area contributed by atoms with Crippen molar-refractivity contribution >= 4 is 45.6 Å². The molecule has 126 valence electrons. The van der Waals surface area contributed by atoms with Crippen LogP contribution in [0, 0.1) is 5.92 Å². The van der Waals surface area contributed by atoms with Gasteiger partial charge in [-0.1, -0.05) is 29.0 Å². The van der Waals surface area contributed by atoms with E-state index in [1.807, 2.05) is 0 Å². The summed E-state index contributed by atoms with van der Waals surface area (Å²) in [6.45, 7) is 0.659. The van der Waals surface area contributed by atoms with Crippen molar-refractivity contribution in [3.8, 4) is 0 Å². The van der Waals surface area contributed by atoms with E-state index in [0.717, 1.165) is 0 Å². The van der Waals surface area contributed by atoms with E-state index in [1.54, 1.807) is 36.3 Å². The second-order valence-corrected chi connectivity index (χ2v) is 6.81. The fourth-order valence-corrected chi connectivity index (χ4v) is 3.37. The standard InChI is InChI=1S/C15H15ClN4O3S/c1-23-8-12-18-19-15(24-12)17-14(22)9-5-13(21)20(7-9)11-4-2-3-10(16)6-11/h2-4,6,9H,5,7-8H2,1H3,(H,17,19,22)/t9-/m0/s1. The Bertz CT molecular complexity index is 767. The summed E-state index contributed by atoms with van der Waals surface area (Å²) >= 11 is 7.21. The predicted octanol–water partition coefficient (Wildman–Crippen LogP) is 2.33. The lowest BCUT2D eigenvalue weighted by atomic mass is 10.1. The number of nitrogens with one attached hydrogen (secondary N) is 1. The molecule has 1 N–H and O–H groups in total. The minimum atomic E-state index is -0.439. The monoisotopic (exact) mass is 366 g/mol. The number of hydrogen-bond acceptors (Lipinski definition) is 6. The van der Waals surface area contributed by atoms with E-state index in [9.17, 15) is 9.59 Å². The molecule has 2 heterocycles. The van der Waals surface area contributed by atoms with Crippen LogP contribution in [0.2, 0.25) is 5.02 Å². The maximum absolute atomic E-state index is 12.4. The molecule has 1 aliphatic rings. The van der Waals surface area contributed by atoms with Crippen LogP contribution in [-0.4, -0.2) is 35.7 Å². The average molecular weight is 367 g/mol. The first-order valence-corrected chi connectivity index (χ1v) is 8.44. The van der Waals surface area contributed by atoms with Crippen LogP contribution in [0.4, 0.5) is 10.8 Å². The van der Waals surface area contributed by atoms with Crippen molar-refractivity contribution in [2.24, 2.45) is 5.92 Å². The first-order chi connectivity index (χ1) is 11.6. The van der Waals surface area contributed by atoms with Gasteiger partial charge in [-0.05, 0) is 18.2 Å². The van der Waals surface area contributed by atoms with Gasteiger partial charge in [0.25, 0.3) is 0 Å². The van der Waals surface area contributed by atoms with Gasteiger partial charge in [-0.2, -0.15) is 0 Å². The highest BCUT2D eigenvalue weighted by Crippen LogP contribution is 2.28. The molecular weight excluding hydrogens is 352 g/mol. The lowest BCUT2D eigenvalue weighted by molar-refractivity contribution is -0.122. The Hall–Kier alpha value is -2.03. The molecule has 1 atom stereocenters. The van der Waals surface area contributed by atoms with Crippen molar-refractivity contribution < 1.29 is 14.3 Å². The van der Waals surface area contributed by atoms with Crippen molar-refractivity contribution in [3.05, 3.63) is 34.3 Å². The van der Waals surface area contributed by atoms with Gasteiger partial charge in [0.1, 0.15) is 11.6 Å². The largest absolute Gasteiger partial charge is 0.377 e. The van der Waals surface area contributed by atoms with Crippen molar-refractivity contribution in [1.29, 1.82) is 0 Å². The summed E-state index contributed by atoms with van der Waals surface area (Å²) in [4.78, 5) is 26.1. The summed E-state index contributed by atoms with van der Waals surface area (Å²) in [6, 6.07) is 7.02. The molecule has 7 nitrogen and oxygen atoms in total. The number of hydrogen-bond donors (Lipinski definition) is 1. The molecule has 1 aromatic heterocycles. The number of aromatic nitrogens is 2. The van der Waals surface area contributed by atoms with Gasteiger partial charge in [-0.25, -0.2) is 0 Å². The predicted molar refractivity (Wildman–Crippen MR) is 91.2 cm³/mol. The van der Waals surface area contributed by atoms with E-state index in [-0.39, 0.29) is 18.2 Å². The first kappa shape index (κ1) is 16.8. The van der Waals surface area contributed by atoms with Crippen LogP contribution in [0.25, 0.3) is 0 Å². The number of amides is 2. The lowest BCUT2D eigenvalue weighted by Gasteiger charge is -2.16. The molecule has 2 aromatic rings. The molecule has 3 rings (SSSR count). The van der Waals surface area contributed by atoms with Crippen LogP contribution < -0.4 is 10.2 Å². The normalized spacial score (nSPS) is 17.3. The number of nitrogens with zero attached hydrogens (tertiary/aromatic N) is 3. The minimum absolute atomic E-state index is 0.102. The third kappa shape index (κ3) is 3.72. The molecule has 1 fully saturated rings. The zero-order valence-corrected chi connectivity index (χ0v) is 14.4. The molecule has 0 radical (unpaired) electrons. The summed E-state index contributed by atoms with van der Waals surface area (Å²) in [5, 5.41) is 12.1. The van der Waals surface area contributed by atoms with Crippen LogP contribution in [0.1, 0.15) is 11.4 Å². The Morgan fingerprint density at radius 2 is 2.33 bits per heavy atom. The summed E-state index contributed by atoms with van der Waals surface area (Å²) in [7, 11) is 1.56. The van der Waals surface area contributed by atoms with Crippen LogP contribution in [0.3, 0.4) is 0 Å². The summed E-state index contributed by atoms with van der Waals surface area (Å²) in [5.41, 5.74) is 0.695. The zero-order valence-electron chi connectivity index (χ0n) is 12.9. The van der Waals surface area contributed by atoms with Gasteiger partial charge < -0.3 is 15.0 Å². The molecule has 9 heteroatoms. The van der Waals surface area contributed by atoms with Gasteiger partial charge >= 0.3 is 0 Å². The topological polar surface area (TPSA) is 84.4 Å². The number of carbonyl (C=O) groups is 2. The van der Waals surface area contributed by atoms with Crippen molar-refractivity contribution in [3.63, 3.8) is 0 Å². The van der Waals surface area contributed by atoms with Crippen LogP contribution in [-0.2, 0) is 20.9 Å². The second kappa shape index (κ2) is 7.25. The maximum atomic E-state index is 12.4. The zero-order chi connectivity index (χ0) is 17.1. The number of anilines is 2. The highest BCUT2D eigenvalue weighted by Gasteiger charge is 2.35. The molecule has 0 unspecified atom stereocenters. The summed E-state index contributed by atoms with van der Waals surface area (Å²) < 4.78 is 4.97. The van der Waals surface area contributed by atoms with E-state index in [1.165, 1.54) is 11.3 Å². The average Bonchev–Trinajstić information content (AvgIpc) is 3.14. The minimum Gasteiger partial charge on any atom is -0.377 e. The first-order valence-electron chi connectivity index (χ1n) is 7.25. The van der Waals surface area contributed by atoms with Gasteiger partial charge in [0.15, 0.2) is 0 Å². The number of halogens is 1. The fourth-order valence-electron chi connectivity index (χ4n) is 2.47. The Labute approximate surface area is 147 Å². The Morgan fingerprint density at radius 3 is 3.08 bits per heavy atom. The van der Waals surface area contributed by atoms with E-state index in [4.69, 9.17) is 16.3 Å². The number of benzene rings is 1. The van der Waals surface area contributed by atoms with Gasteiger partial charge in [0.05, 0.1) is 5.92 Å². The van der Waals surface area contributed by atoms with E-state index >= 15 is 0 Å². The summed E-state index contributed by atoms with van der Waals surface area (Å²) in [5.74, 6) is -0.783. The van der Waals surface area contributed by atoms with Gasteiger partial charge in [-0.15, -0.1) is 10.2 Å². The molecule has 2 amide bonds.